The van der Waals surface area contributed by atoms with E-state index in [0.717, 1.165) is 0 Å². The standard InChI is InChI=1S/2Cr.2Cu.H2Te/h;;;;1H2/q;+1;;;/p-1. The Morgan fingerprint density at radius 3 is 1.00 bits per heavy atom. The normalized spacial score (nSPS) is 1.00. The summed E-state index contributed by atoms with van der Waals surface area (Å²) in [5.74, 6) is 0. The van der Waals surface area contributed by atoms with Gasteiger partial charge < -0.3 is 0 Å². The molecule has 5 heavy (non-hydrogen) atoms. The van der Waals surface area contributed by atoms with Crippen LogP contribution in [0.4, 0.5) is 0 Å². The topological polar surface area (TPSA) is 0 Å². The van der Waals surface area contributed by atoms with Gasteiger partial charge in [0.2, 0.25) is 0 Å². The molecule has 0 bridgehead atoms. The molecule has 0 aliphatic rings. The van der Waals surface area contributed by atoms with Crippen molar-refractivity contribution in [2.45, 2.75) is 0 Å². The zero-order valence-corrected chi connectivity index (χ0v) is 8.85. The molecular weight excluding hydrogens is 359 g/mol. The molecule has 0 saturated heterocycles. The van der Waals surface area contributed by atoms with Crippen molar-refractivity contribution < 1.29 is 64.6 Å². The van der Waals surface area contributed by atoms with E-state index >= 15 is 0 Å². The van der Waals surface area contributed by atoms with E-state index < -0.39 is 0 Å². The van der Waals surface area contributed by atoms with Crippen molar-refractivity contribution in [3.05, 3.63) is 0 Å². The van der Waals surface area contributed by atoms with E-state index in [1.165, 1.54) is 0 Å². The van der Waals surface area contributed by atoms with E-state index in [1.54, 1.807) is 20.0 Å². The Kier molecular flexibility index (Phi) is 142. The third-order valence-corrected chi connectivity index (χ3v) is 0. The third-order valence-electron chi connectivity index (χ3n) is 0. The molecule has 0 aromatic carbocycles. The summed E-state index contributed by atoms with van der Waals surface area (Å²) in [6.45, 7) is 0. The summed E-state index contributed by atoms with van der Waals surface area (Å²) in [6, 6.07) is 0. The Morgan fingerprint density at radius 2 is 1.00 bits per heavy atom. The molecule has 0 spiro atoms. The average molecular weight is 360 g/mol. The van der Waals surface area contributed by atoms with Crippen LogP contribution in [0.3, 0.4) is 0 Å². The molecule has 0 unspecified atom stereocenters. The predicted octanol–water partition coefficient (Wildman–Crippen LogP) is -0.659. The molecule has 0 aliphatic carbocycles. The summed E-state index contributed by atoms with van der Waals surface area (Å²) in [5.41, 5.74) is 0. The maximum absolute atomic E-state index is 2.68. The molecule has 0 aliphatic heterocycles. The van der Waals surface area contributed by atoms with Crippen LogP contribution in [0.15, 0.2) is 0 Å². The summed E-state index contributed by atoms with van der Waals surface area (Å²) < 4.78 is 0. The Hall–Kier alpha value is 2.89. The van der Waals surface area contributed by atoms with Crippen LogP contribution in [-0.2, 0) is 64.6 Å². The van der Waals surface area contributed by atoms with E-state index in [2.05, 4.69) is 13.1 Å². The fraction of sp³-hybridized carbons (Fsp3) is 0. The van der Waals surface area contributed by atoms with Crippen LogP contribution in [0.5, 0.6) is 0 Å². The summed E-state index contributed by atoms with van der Waals surface area (Å²) >= 11 is 4.30. The van der Waals surface area contributed by atoms with E-state index in [4.69, 9.17) is 0 Å². The van der Waals surface area contributed by atoms with Gasteiger partial charge in [-0.25, -0.2) is 0 Å². The molecule has 0 fully saturated rings. The first kappa shape index (κ1) is 24.7. The Bertz CT molecular complexity index is 7.61. The summed E-state index contributed by atoms with van der Waals surface area (Å²) in [5, 5.41) is 0. The van der Waals surface area contributed by atoms with Crippen LogP contribution < -0.4 is 0 Å². The molecule has 0 rings (SSSR count). The molecule has 0 aromatic heterocycles. The maximum atomic E-state index is 2.68. The van der Waals surface area contributed by atoms with Crippen molar-refractivity contribution in [2.24, 2.45) is 0 Å². The monoisotopic (exact) mass is 361 g/mol. The Labute approximate surface area is 83.2 Å². The first-order valence-electron chi connectivity index (χ1n) is 0.183. The van der Waals surface area contributed by atoms with Crippen LogP contribution in [0, 0.1) is 0 Å². The second-order valence-electron chi connectivity index (χ2n) is 0. The zero-order chi connectivity index (χ0) is 2.00. The number of hydrogen-bond donors (Lipinski definition) is 0. The smallest absolute Gasteiger partial charge is 0 e. The first-order valence-corrected chi connectivity index (χ1v) is 5.05. The first-order chi connectivity index (χ1) is 1.00. The van der Waals surface area contributed by atoms with Gasteiger partial charge >= 0.3 is 33.1 Å². The Morgan fingerprint density at radius 1 is 1.00 bits per heavy atom. The third kappa shape index (κ3) is 19.7. The van der Waals surface area contributed by atoms with Gasteiger partial charge in [0.1, 0.15) is 0 Å². The number of hydrogen-bond acceptors (Lipinski definition) is 0. The van der Waals surface area contributed by atoms with Gasteiger partial charge in [0.05, 0.1) is 0 Å². The van der Waals surface area contributed by atoms with Crippen molar-refractivity contribution in [1.82, 2.24) is 0 Å². The minimum absolute atomic E-state index is 0. The van der Waals surface area contributed by atoms with Crippen molar-refractivity contribution in [1.29, 1.82) is 0 Å². The van der Waals surface area contributed by atoms with Gasteiger partial charge in [0.25, 0.3) is 0 Å². The average Bonchev–Trinajstić information content (AvgIpc) is 1.00. The molecule has 41 valence electrons. The van der Waals surface area contributed by atoms with Crippen molar-refractivity contribution >= 4 is 20.0 Å². The predicted molar refractivity (Wildman–Crippen MR) is 7.15 cm³/mol. The molecule has 0 amide bonds. The van der Waals surface area contributed by atoms with E-state index in [1.807, 2.05) is 0 Å². The van der Waals surface area contributed by atoms with Gasteiger partial charge in [-0.2, -0.15) is 0 Å². The summed E-state index contributed by atoms with van der Waals surface area (Å²) in [7, 11) is 0. The van der Waals surface area contributed by atoms with Gasteiger partial charge in [-0.3, -0.25) is 0 Å². The molecular formula is HCr2Cu2Te. The van der Waals surface area contributed by atoms with Gasteiger partial charge in [0.15, 0.2) is 0 Å². The molecule has 0 atom stereocenters. The minimum Gasteiger partial charge on any atom is 0 e. The van der Waals surface area contributed by atoms with Gasteiger partial charge in [-0.05, 0) is 0 Å². The van der Waals surface area contributed by atoms with Crippen LogP contribution in [0.1, 0.15) is 0 Å². The molecule has 2 radical (unpaired) electrons. The molecule has 0 heterocycles. The van der Waals surface area contributed by atoms with Crippen molar-refractivity contribution in [3.63, 3.8) is 0 Å². The van der Waals surface area contributed by atoms with Crippen molar-refractivity contribution in [2.75, 3.05) is 0 Å². The molecule has 0 saturated carbocycles. The van der Waals surface area contributed by atoms with Crippen LogP contribution in [-0.4, -0.2) is 20.0 Å². The van der Waals surface area contributed by atoms with Gasteiger partial charge in [-0.15, -0.1) is 0 Å². The summed E-state index contributed by atoms with van der Waals surface area (Å²) in [6.07, 6.45) is 0. The SMILES string of the molecule is [Cr].[Cr][TeH].[Cu].[Cu]. The van der Waals surface area contributed by atoms with E-state index in [0.29, 0.717) is 0 Å². The van der Waals surface area contributed by atoms with Crippen LogP contribution in [0.2, 0.25) is 0 Å². The number of rotatable bonds is 0. The molecule has 0 N–H and O–H groups in total. The van der Waals surface area contributed by atoms with E-state index in [-0.39, 0.29) is 51.5 Å². The second kappa shape index (κ2) is 28.6. The molecule has 0 aromatic rings. The van der Waals surface area contributed by atoms with Crippen LogP contribution in [0.25, 0.3) is 0 Å². The quantitative estimate of drug-likeness (QED) is 0.504. The summed E-state index contributed by atoms with van der Waals surface area (Å²) in [4.78, 5) is 0. The van der Waals surface area contributed by atoms with Gasteiger partial charge in [0, 0.05) is 51.5 Å². The second-order valence-corrected chi connectivity index (χ2v) is 0. The van der Waals surface area contributed by atoms with Gasteiger partial charge in [-0.1, -0.05) is 0 Å². The van der Waals surface area contributed by atoms with E-state index in [9.17, 15) is 0 Å². The molecule has 5 heteroatoms. The zero-order valence-electron chi connectivity index (χ0n) is 1.87. The molecule has 0 nitrogen and oxygen atoms in total. The fourth-order valence-corrected chi connectivity index (χ4v) is 0. The van der Waals surface area contributed by atoms with Crippen LogP contribution >= 0.6 is 0 Å². The Balaban J connectivity index is -0.00000000167. The van der Waals surface area contributed by atoms with Crippen molar-refractivity contribution in [3.8, 4) is 0 Å². The maximum Gasteiger partial charge on any atom is 0 e. The largest absolute Gasteiger partial charge is 0 e. The minimum atomic E-state index is 0. The fourth-order valence-electron chi connectivity index (χ4n) is 0.